The molecule has 0 saturated heterocycles. The third-order valence-electron chi connectivity index (χ3n) is 3.94. The third-order valence-corrected chi connectivity index (χ3v) is 3.94. The van der Waals surface area contributed by atoms with E-state index in [2.05, 4.69) is 19.2 Å². The quantitative estimate of drug-likeness (QED) is 0.723. The number of nitrogens with zero attached hydrogens (tertiary/aromatic N) is 1. The molecule has 0 spiro atoms. The third kappa shape index (κ3) is 5.17. The number of esters is 1. The Hall–Kier alpha value is -3.16. The number of amides is 1. The molecule has 8 heteroatoms. The highest BCUT2D eigenvalue weighted by Gasteiger charge is 2.13. The van der Waals surface area contributed by atoms with Crippen LogP contribution in [0.5, 0.6) is 0 Å². The molecule has 1 heterocycles. The van der Waals surface area contributed by atoms with Crippen LogP contribution in [0, 0.1) is 0 Å². The van der Waals surface area contributed by atoms with Crippen LogP contribution in [0.15, 0.2) is 46.1 Å². The maximum atomic E-state index is 12.0. The number of aromatic nitrogens is 2. The second-order valence-electron chi connectivity index (χ2n) is 5.84. The fourth-order valence-electron chi connectivity index (χ4n) is 2.35. The first-order valence-corrected chi connectivity index (χ1v) is 8.25. The van der Waals surface area contributed by atoms with E-state index in [4.69, 9.17) is 4.74 Å². The average Bonchev–Trinajstić information content (AvgIpc) is 2.62. The number of hydrogen-bond donors (Lipinski definition) is 2. The SMILES string of the molecule is CC[C@H](C)c1ccccc1NC(=O)COC(=O)Cn1ccc(=O)[nH]c1=O. The molecule has 1 atom stereocenters. The van der Waals surface area contributed by atoms with Gasteiger partial charge in [-0.1, -0.05) is 32.0 Å². The van der Waals surface area contributed by atoms with Crippen LogP contribution in [0.2, 0.25) is 0 Å². The minimum absolute atomic E-state index is 0.279. The highest BCUT2D eigenvalue weighted by molar-refractivity contribution is 5.93. The lowest BCUT2D eigenvalue weighted by Crippen LogP contribution is -2.32. The van der Waals surface area contributed by atoms with Gasteiger partial charge in [0.25, 0.3) is 11.5 Å². The van der Waals surface area contributed by atoms with Gasteiger partial charge in [0, 0.05) is 18.0 Å². The smallest absolute Gasteiger partial charge is 0.328 e. The lowest BCUT2D eigenvalue weighted by Gasteiger charge is -2.15. The van der Waals surface area contributed by atoms with Crippen molar-refractivity contribution in [2.24, 2.45) is 0 Å². The van der Waals surface area contributed by atoms with Crippen molar-refractivity contribution >= 4 is 17.6 Å². The van der Waals surface area contributed by atoms with Gasteiger partial charge in [-0.05, 0) is 24.0 Å². The Morgan fingerprint density at radius 1 is 1.23 bits per heavy atom. The molecule has 1 amide bonds. The topological polar surface area (TPSA) is 110 Å². The van der Waals surface area contributed by atoms with E-state index in [-0.39, 0.29) is 5.92 Å². The fraction of sp³-hybridized carbons (Fsp3) is 0.333. The standard InChI is InChI=1S/C18H21N3O5/c1-3-12(2)13-6-4-5-7-14(13)19-16(23)11-26-17(24)10-21-9-8-15(22)20-18(21)25/h4-9,12H,3,10-11H2,1-2H3,(H,19,23)(H,20,22,25)/t12-/m0/s1. The first-order valence-electron chi connectivity index (χ1n) is 8.25. The second-order valence-corrected chi connectivity index (χ2v) is 5.84. The van der Waals surface area contributed by atoms with Gasteiger partial charge in [-0.15, -0.1) is 0 Å². The van der Waals surface area contributed by atoms with E-state index in [1.54, 1.807) is 6.07 Å². The molecule has 1 aromatic carbocycles. The lowest BCUT2D eigenvalue weighted by molar-refractivity contribution is -0.148. The number of H-pyrrole nitrogens is 1. The predicted molar refractivity (Wildman–Crippen MR) is 96.1 cm³/mol. The van der Waals surface area contributed by atoms with Crippen molar-refractivity contribution in [3.63, 3.8) is 0 Å². The highest BCUT2D eigenvalue weighted by atomic mass is 16.5. The van der Waals surface area contributed by atoms with Crippen LogP contribution in [0.3, 0.4) is 0 Å². The molecule has 0 bridgehead atoms. The lowest BCUT2D eigenvalue weighted by atomic mass is 9.97. The average molecular weight is 359 g/mol. The van der Waals surface area contributed by atoms with Gasteiger partial charge in [0.2, 0.25) is 0 Å². The van der Waals surface area contributed by atoms with Crippen LogP contribution in [0.1, 0.15) is 31.7 Å². The van der Waals surface area contributed by atoms with Gasteiger partial charge in [-0.3, -0.25) is 23.9 Å². The van der Waals surface area contributed by atoms with E-state index < -0.39 is 36.3 Å². The monoisotopic (exact) mass is 359 g/mol. The van der Waals surface area contributed by atoms with E-state index in [0.29, 0.717) is 5.69 Å². The van der Waals surface area contributed by atoms with Gasteiger partial charge in [0.1, 0.15) is 6.54 Å². The second kappa shape index (κ2) is 8.80. The molecule has 138 valence electrons. The van der Waals surface area contributed by atoms with E-state index in [1.807, 2.05) is 23.2 Å². The van der Waals surface area contributed by atoms with E-state index >= 15 is 0 Å². The van der Waals surface area contributed by atoms with Gasteiger partial charge in [-0.25, -0.2) is 4.79 Å². The van der Waals surface area contributed by atoms with Gasteiger partial charge < -0.3 is 10.1 Å². The molecule has 0 fully saturated rings. The molecule has 0 saturated carbocycles. The van der Waals surface area contributed by atoms with Gasteiger partial charge in [0.15, 0.2) is 6.61 Å². The number of carbonyl (C=O) groups excluding carboxylic acids is 2. The Bertz CT molecular complexity index is 900. The number of ether oxygens (including phenoxy) is 1. The van der Waals surface area contributed by atoms with Crippen LogP contribution in [0.4, 0.5) is 5.69 Å². The summed E-state index contributed by atoms with van der Waals surface area (Å²) in [6, 6.07) is 8.57. The molecule has 0 aliphatic heterocycles. The molecule has 2 aromatic rings. The zero-order valence-corrected chi connectivity index (χ0v) is 14.7. The van der Waals surface area contributed by atoms with E-state index in [9.17, 15) is 19.2 Å². The molecule has 8 nitrogen and oxygen atoms in total. The van der Waals surface area contributed by atoms with Gasteiger partial charge in [-0.2, -0.15) is 0 Å². The summed E-state index contributed by atoms with van der Waals surface area (Å²) in [5, 5.41) is 2.73. The molecular formula is C18H21N3O5. The number of anilines is 1. The molecule has 2 N–H and O–H groups in total. The van der Waals surface area contributed by atoms with Crippen LogP contribution in [0.25, 0.3) is 0 Å². The van der Waals surface area contributed by atoms with Crippen molar-refractivity contribution in [3.05, 3.63) is 62.9 Å². The van der Waals surface area contributed by atoms with Crippen molar-refractivity contribution in [3.8, 4) is 0 Å². The summed E-state index contributed by atoms with van der Waals surface area (Å²) >= 11 is 0. The number of nitrogens with one attached hydrogen (secondary N) is 2. The molecule has 0 radical (unpaired) electrons. The molecular weight excluding hydrogens is 338 g/mol. The molecule has 0 aliphatic rings. The summed E-state index contributed by atoms with van der Waals surface area (Å²) in [5.74, 6) is -0.950. The summed E-state index contributed by atoms with van der Waals surface area (Å²) in [6.45, 7) is 3.26. The van der Waals surface area contributed by atoms with E-state index in [0.717, 1.165) is 22.6 Å². The normalized spacial score (nSPS) is 11.6. The zero-order chi connectivity index (χ0) is 19.1. The summed E-state index contributed by atoms with van der Waals surface area (Å²) in [7, 11) is 0. The molecule has 0 aliphatic carbocycles. The first kappa shape index (κ1) is 19.2. The Morgan fingerprint density at radius 3 is 2.65 bits per heavy atom. The number of benzene rings is 1. The maximum absolute atomic E-state index is 12.0. The fourth-order valence-corrected chi connectivity index (χ4v) is 2.35. The summed E-state index contributed by atoms with van der Waals surface area (Å²) < 4.78 is 5.88. The van der Waals surface area contributed by atoms with Crippen molar-refractivity contribution in [2.45, 2.75) is 32.7 Å². The van der Waals surface area contributed by atoms with Crippen molar-refractivity contribution in [2.75, 3.05) is 11.9 Å². The molecule has 2 rings (SSSR count). The summed E-state index contributed by atoms with van der Waals surface area (Å²) in [5.41, 5.74) is 0.412. The molecule has 26 heavy (non-hydrogen) atoms. The predicted octanol–water partition coefficient (Wildman–Crippen LogP) is 1.23. The number of carbonyl (C=O) groups is 2. The molecule has 1 aromatic heterocycles. The minimum atomic E-state index is -0.760. The zero-order valence-electron chi connectivity index (χ0n) is 14.7. The first-order chi connectivity index (χ1) is 12.4. The Labute approximate surface area is 149 Å². The Balaban J connectivity index is 1.92. The summed E-state index contributed by atoms with van der Waals surface area (Å²) in [4.78, 5) is 48.3. The Morgan fingerprint density at radius 2 is 1.96 bits per heavy atom. The largest absolute Gasteiger partial charge is 0.454 e. The number of aromatic amines is 1. The number of para-hydroxylation sites is 1. The Kier molecular flexibility index (Phi) is 6.48. The highest BCUT2D eigenvalue weighted by Crippen LogP contribution is 2.26. The number of hydrogen-bond acceptors (Lipinski definition) is 5. The van der Waals surface area contributed by atoms with E-state index in [1.165, 1.54) is 6.20 Å². The van der Waals surface area contributed by atoms with Gasteiger partial charge in [0.05, 0.1) is 0 Å². The van der Waals surface area contributed by atoms with Crippen molar-refractivity contribution < 1.29 is 14.3 Å². The van der Waals surface area contributed by atoms with Crippen LogP contribution in [-0.2, 0) is 20.9 Å². The van der Waals surface area contributed by atoms with Gasteiger partial charge >= 0.3 is 11.7 Å². The van der Waals surface area contributed by atoms with Crippen molar-refractivity contribution in [1.29, 1.82) is 0 Å². The van der Waals surface area contributed by atoms with Crippen LogP contribution in [-0.4, -0.2) is 28.0 Å². The van der Waals surface area contributed by atoms with Crippen molar-refractivity contribution in [1.82, 2.24) is 9.55 Å². The van der Waals surface area contributed by atoms with Crippen LogP contribution < -0.4 is 16.6 Å². The molecule has 0 unspecified atom stereocenters. The minimum Gasteiger partial charge on any atom is -0.454 e. The number of rotatable bonds is 7. The summed E-state index contributed by atoms with van der Waals surface area (Å²) in [6.07, 6.45) is 2.11. The van der Waals surface area contributed by atoms with Crippen LogP contribution >= 0.6 is 0 Å². The maximum Gasteiger partial charge on any atom is 0.328 e.